The number of para-hydroxylation sites is 1. The summed E-state index contributed by atoms with van der Waals surface area (Å²) in [6.07, 6.45) is -3.37. The molecule has 1 amide bonds. The molecule has 2 aromatic carbocycles. The van der Waals surface area contributed by atoms with Crippen molar-refractivity contribution < 1.29 is 48.3 Å². The van der Waals surface area contributed by atoms with Gasteiger partial charge < -0.3 is 55.6 Å². The minimum atomic E-state index is -1.88. The molecule has 0 aliphatic carbocycles. The number of rotatable bonds is 15. The third-order valence-corrected chi connectivity index (χ3v) is 12.1. The quantitative estimate of drug-likeness (QED) is 0.0504. The second-order valence-corrected chi connectivity index (χ2v) is 16.8. The molecule has 7 N–H and O–H groups in total. The Morgan fingerprint density at radius 1 is 1.06 bits per heavy atom. The molecule has 8 atom stereocenters. The van der Waals surface area contributed by atoms with Crippen LogP contribution in [0.25, 0.3) is 22.3 Å². The maximum absolute atomic E-state index is 14.3. The van der Waals surface area contributed by atoms with Crippen LogP contribution in [-0.2, 0) is 40.7 Å². The number of carbonyl (C=O) groups is 3. The van der Waals surface area contributed by atoms with Crippen LogP contribution < -0.4 is 36.7 Å². The Hall–Kier alpha value is -5.50. The van der Waals surface area contributed by atoms with Gasteiger partial charge in [0.05, 0.1) is 35.1 Å². The summed E-state index contributed by atoms with van der Waals surface area (Å²) in [5.74, 6) is -2.12. The van der Waals surface area contributed by atoms with Gasteiger partial charge in [-0.2, -0.15) is 0 Å². The number of aromatic nitrogens is 2. The van der Waals surface area contributed by atoms with Crippen molar-refractivity contribution >= 4 is 51.6 Å². The first kappa shape index (κ1) is 45.5. The largest absolute Gasteiger partial charge is 0.479 e. The Morgan fingerprint density at radius 2 is 1.81 bits per heavy atom. The number of anilines is 1. The Kier molecular flexibility index (Phi) is 13.8. The number of nitrogens with two attached hydrogens (primary N) is 1. The number of hydrogen-bond donors (Lipinski definition) is 6. The second kappa shape index (κ2) is 19.1. The van der Waals surface area contributed by atoms with Crippen molar-refractivity contribution in [2.24, 2.45) is 11.7 Å². The number of carbonyl (C=O) groups excluding carboxylic acids is 3. The zero-order chi connectivity index (χ0) is 45.2. The van der Waals surface area contributed by atoms with Gasteiger partial charge in [0.1, 0.15) is 36.1 Å². The molecule has 1 fully saturated rings. The van der Waals surface area contributed by atoms with Crippen LogP contribution in [0.5, 0.6) is 11.5 Å². The lowest BCUT2D eigenvalue weighted by Crippen LogP contribution is -2.59. The average Bonchev–Trinajstić information content (AvgIpc) is 3.62. The number of aliphatic hydroxyl groups excluding tert-OH is 2. The maximum Gasteiger partial charge on any atom is 0.330 e. The van der Waals surface area contributed by atoms with Gasteiger partial charge in [-0.05, 0) is 99.8 Å². The molecule has 18 heteroatoms. The van der Waals surface area contributed by atoms with Crippen molar-refractivity contribution in [2.75, 3.05) is 25.6 Å². The molecule has 4 aromatic rings. The summed E-state index contributed by atoms with van der Waals surface area (Å²) in [6.45, 7) is 7.02. The highest BCUT2D eigenvalue weighted by molar-refractivity contribution is 7.80. The molecule has 0 bridgehead atoms. The molecular formula is C45H54N6O11S. The van der Waals surface area contributed by atoms with Gasteiger partial charge >= 0.3 is 5.97 Å². The first-order valence-electron chi connectivity index (χ1n) is 21.1. The summed E-state index contributed by atoms with van der Waals surface area (Å²) in [6, 6.07) is 15.8. The van der Waals surface area contributed by atoms with Crippen molar-refractivity contribution in [3.05, 3.63) is 82.1 Å². The first-order chi connectivity index (χ1) is 30.2. The predicted octanol–water partition coefficient (Wildman–Crippen LogP) is 3.02. The van der Waals surface area contributed by atoms with E-state index in [1.807, 2.05) is 30.3 Å². The number of benzene rings is 2. The number of fused-ring (bicyclic) bond motifs is 5. The molecule has 2 aromatic heterocycles. The van der Waals surface area contributed by atoms with Gasteiger partial charge in [0, 0.05) is 23.7 Å². The molecule has 17 nitrogen and oxygen atoms in total. The summed E-state index contributed by atoms with van der Waals surface area (Å²) in [7, 11) is 1.39. The monoisotopic (exact) mass is 886 g/mol. The van der Waals surface area contributed by atoms with Gasteiger partial charge in [0.15, 0.2) is 17.5 Å². The Morgan fingerprint density at radius 3 is 2.51 bits per heavy atom. The Labute approximate surface area is 369 Å². The zero-order valence-corrected chi connectivity index (χ0v) is 36.6. The van der Waals surface area contributed by atoms with E-state index in [-0.39, 0.29) is 29.4 Å². The van der Waals surface area contributed by atoms with Crippen molar-refractivity contribution in [1.29, 1.82) is 0 Å². The van der Waals surface area contributed by atoms with E-state index in [4.69, 9.17) is 46.6 Å². The van der Waals surface area contributed by atoms with Crippen LogP contribution >= 0.6 is 12.2 Å². The number of esters is 1. The number of ketones is 1. The number of amides is 1. The van der Waals surface area contributed by atoms with E-state index in [1.165, 1.54) is 7.11 Å². The highest BCUT2D eigenvalue weighted by Crippen LogP contribution is 2.43. The summed E-state index contributed by atoms with van der Waals surface area (Å²) in [5, 5.41) is 30.9. The lowest BCUT2D eigenvalue weighted by atomic mass is 9.84. The van der Waals surface area contributed by atoms with Crippen LogP contribution in [0.4, 0.5) is 5.69 Å². The van der Waals surface area contributed by atoms with E-state index in [0.717, 1.165) is 16.5 Å². The van der Waals surface area contributed by atoms with Crippen molar-refractivity contribution in [3.8, 4) is 22.9 Å². The third-order valence-electron chi connectivity index (χ3n) is 11.8. The van der Waals surface area contributed by atoms with Crippen molar-refractivity contribution in [1.82, 2.24) is 20.2 Å². The molecular weight excluding hydrogens is 833 g/mol. The van der Waals surface area contributed by atoms with Crippen molar-refractivity contribution in [3.63, 3.8) is 0 Å². The van der Waals surface area contributed by atoms with E-state index in [1.54, 1.807) is 62.6 Å². The predicted molar refractivity (Wildman–Crippen MR) is 236 cm³/mol. The van der Waals surface area contributed by atoms with Crippen LogP contribution in [0.2, 0.25) is 0 Å². The van der Waals surface area contributed by atoms with Crippen LogP contribution in [0, 0.1) is 5.92 Å². The Bertz CT molecular complexity index is 2430. The summed E-state index contributed by atoms with van der Waals surface area (Å²) >= 11 is 5.62. The smallest absolute Gasteiger partial charge is 0.330 e. The highest BCUT2D eigenvalue weighted by Gasteiger charge is 2.51. The normalized spacial score (nSPS) is 23.4. The van der Waals surface area contributed by atoms with E-state index >= 15 is 0 Å². The van der Waals surface area contributed by atoms with Crippen molar-refractivity contribution in [2.45, 2.75) is 108 Å². The van der Waals surface area contributed by atoms with Gasteiger partial charge in [0.2, 0.25) is 23.6 Å². The maximum atomic E-state index is 14.3. The minimum absolute atomic E-state index is 0.00214. The van der Waals surface area contributed by atoms with Crippen LogP contribution in [0.1, 0.15) is 64.5 Å². The summed E-state index contributed by atoms with van der Waals surface area (Å²) < 4.78 is 30.3. The number of pyridine rings is 2. The average molecular weight is 887 g/mol. The van der Waals surface area contributed by atoms with E-state index in [9.17, 15) is 29.4 Å². The molecule has 3 aliphatic rings. The first-order valence-corrected chi connectivity index (χ1v) is 21.6. The third kappa shape index (κ3) is 9.14. The molecule has 0 unspecified atom stereocenters. The molecule has 7 rings (SSSR count). The van der Waals surface area contributed by atoms with Crippen LogP contribution in [0.15, 0.2) is 65.5 Å². The zero-order valence-electron chi connectivity index (χ0n) is 35.8. The fraction of sp³-hybridized carbons (Fsp3) is 0.467. The number of Topliss-reactive ketones (excluding diaryl/α,β-unsaturated/α-hetero) is 1. The molecule has 0 radical (unpaired) electrons. The standard InChI is InChI=1S/C45H54N6O11S/c1-6-45(29-20-32-35-26(19-25-11-7-8-12-30(25)48-35)21-51(32)41(56)38(29)59-22-33(45)52)62-42(57)34(23(2)3)50-40(55)31(13-9-10-18-46)49-44(63)47-27-14-16-28(17-15-27)61-43-37(54)39(58-5)36(53)24(4)60-43/h7-8,11-12,14-17,19-20,23-24,31,34,36-37,39,43,53-54H,6,9-10,13,18,21-22,46H2,1-5H3,(H,50,55)(H2,47,49,63)/t24-,31-,34-,36+,37-,39+,43+,45-/m0/s1. The van der Waals surface area contributed by atoms with Gasteiger partial charge in [-0.1, -0.05) is 39.0 Å². The molecule has 3 aliphatic heterocycles. The van der Waals surface area contributed by atoms with E-state index in [2.05, 4.69) is 16.0 Å². The molecule has 1 saturated heterocycles. The van der Waals surface area contributed by atoms with E-state index in [0.29, 0.717) is 48.6 Å². The topological polar surface area (TPSA) is 235 Å². The second-order valence-electron chi connectivity index (χ2n) is 16.4. The summed E-state index contributed by atoms with van der Waals surface area (Å²) in [4.78, 5) is 61.1. The number of unbranched alkanes of at least 4 members (excludes halogenated alkanes) is 1. The number of hydrogen-bond acceptors (Lipinski definition) is 14. The number of nitrogens with one attached hydrogen (secondary N) is 3. The molecule has 0 spiro atoms. The number of nitrogens with zero attached hydrogens (tertiary/aromatic N) is 2. The van der Waals surface area contributed by atoms with Crippen LogP contribution in [0.3, 0.4) is 0 Å². The number of ether oxygens (including phenoxy) is 5. The fourth-order valence-corrected chi connectivity index (χ4v) is 8.53. The van der Waals surface area contributed by atoms with Gasteiger partial charge in [-0.3, -0.25) is 19.0 Å². The number of methoxy groups -OCH3 is 1. The summed E-state index contributed by atoms with van der Waals surface area (Å²) in [5.41, 5.74) is 6.76. The molecule has 63 heavy (non-hydrogen) atoms. The molecule has 0 saturated carbocycles. The Balaban J connectivity index is 1.06. The van der Waals surface area contributed by atoms with Gasteiger partial charge in [-0.25, -0.2) is 9.78 Å². The molecule has 5 heterocycles. The lowest BCUT2D eigenvalue weighted by molar-refractivity contribution is -0.272. The SMILES string of the molecule is CC[C@@]1(OC(=O)[C@@H](NC(=O)[C@H](CCCCN)NC(=S)Nc2ccc(O[C@H]3O[C@@H](C)[C@@H](O)[C@@H](OC)[C@@H]3O)cc2)C(C)C)C(=O)COc2c1cc1n(c2=O)Cc2cc3ccccc3nc2-1. The van der Waals surface area contributed by atoms with Gasteiger partial charge in [0.25, 0.3) is 5.56 Å². The van der Waals surface area contributed by atoms with Crippen LogP contribution in [-0.4, -0.2) is 106 Å². The van der Waals surface area contributed by atoms with Gasteiger partial charge in [-0.15, -0.1) is 0 Å². The fourth-order valence-electron chi connectivity index (χ4n) is 8.27. The lowest BCUT2D eigenvalue weighted by Gasteiger charge is -2.40. The van der Waals surface area contributed by atoms with E-state index < -0.39 is 84.1 Å². The number of aliphatic hydroxyl groups is 2. The number of thiocarbonyl (C=S) groups is 1. The minimum Gasteiger partial charge on any atom is -0.479 e. The molecule has 336 valence electrons. The highest BCUT2D eigenvalue weighted by atomic mass is 32.1.